The molecule has 1 fully saturated rings. The molecule has 20 heavy (non-hydrogen) atoms. The summed E-state index contributed by atoms with van der Waals surface area (Å²) in [6.45, 7) is 0. The van der Waals surface area contributed by atoms with Gasteiger partial charge in [0, 0.05) is 12.6 Å². The lowest BCUT2D eigenvalue weighted by Gasteiger charge is -2.11. The first-order valence-electron chi connectivity index (χ1n) is 6.65. The number of methoxy groups -OCH3 is 1. The summed E-state index contributed by atoms with van der Waals surface area (Å²) in [4.78, 5) is 8.46. The van der Waals surface area contributed by atoms with E-state index in [9.17, 15) is 0 Å². The maximum Gasteiger partial charge on any atom is 0.187 e. The summed E-state index contributed by atoms with van der Waals surface area (Å²) in [6.07, 6.45) is 4.25. The maximum absolute atomic E-state index is 5.74. The Balaban J connectivity index is 1.91. The van der Waals surface area contributed by atoms with Crippen molar-refractivity contribution in [2.45, 2.75) is 18.9 Å². The molecule has 0 radical (unpaired) electrons. The van der Waals surface area contributed by atoms with Crippen molar-refractivity contribution in [1.82, 2.24) is 9.97 Å². The molecule has 1 saturated carbocycles. The zero-order valence-electron chi connectivity index (χ0n) is 11.6. The Morgan fingerprint density at radius 2 is 1.90 bits per heavy atom. The molecular weight excluding hydrogens is 254 g/mol. The smallest absolute Gasteiger partial charge is 0.187 e. The Hall–Kier alpha value is -2.30. The lowest BCUT2D eigenvalue weighted by Crippen LogP contribution is -2.00. The highest BCUT2D eigenvalue weighted by molar-refractivity contribution is 5.72. The molecule has 0 aliphatic heterocycles. The van der Waals surface area contributed by atoms with Gasteiger partial charge >= 0.3 is 0 Å². The lowest BCUT2D eigenvalue weighted by atomic mass is 10.1. The molecule has 0 bridgehead atoms. The summed E-state index contributed by atoms with van der Waals surface area (Å²) in [5.74, 6) is 2.22. The van der Waals surface area contributed by atoms with Crippen LogP contribution < -0.4 is 14.8 Å². The number of hydrogen-bond acceptors (Lipinski definition) is 5. The molecule has 0 saturated heterocycles. The molecule has 1 aliphatic rings. The van der Waals surface area contributed by atoms with Crippen LogP contribution in [0.3, 0.4) is 0 Å². The van der Waals surface area contributed by atoms with E-state index in [1.807, 2.05) is 24.3 Å². The fourth-order valence-corrected chi connectivity index (χ4v) is 2.02. The van der Waals surface area contributed by atoms with Gasteiger partial charge in [0.1, 0.15) is 17.8 Å². The predicted octanol–water partition coefficient (Wildman–Crippen LogP) is 2.74. The van der Waals surface area contributed by atoms with Crippen molar-refractivity contribution in [1.29, 1.82) is 0 Å². The first kappa shape index (κ1) is 12.7. The highest BCUT2D eigenvalue weighted by atomic mass is 16.5. The van der Waals surface area contributed by atoms with E-state index in [0.717, 1.165) is 29.8 Å². The van der Waals surface area contributed by atoms with Gasteiger partial charge in [-0.3, -0.25) is 0 Å². The van der Waals surface area contributed by atoms with Gasteiger partial charge in [0.25, 0.3) is 0 Å². The largest absolute Gasteiger partial charge is 0.491 e. The highest BCUT2D eigenvalue weighted by Crippen LogP contribution is 2.34. The zero-order valence-corrected chi connectivity index (χ0v) is 11.6. The quantitative estimate of drug-likeness (QED) is 0.906. The Morgan fingerprint density at radius 3 is 2.50 bits per heavy atom. The van der Waals surface area contributed by atoms with Crippen LogP contribution in [0.2, 0.25) is 0 Å². The summed E-state index contributed by atoms with van der Waals surface area (Å²) in [7, 11) is 3.43. The van der Waals surface area contributed by atoms with Crippen molar-refractivity contribution in [2.75, 3.05) is 19.5 Å². The van der Waals surface area contributed by atoms with Crippen LogP contribution in [0, 0.1) is 0 Å². The molecule has 2 aromatic rings. The van der Waals surface area contributed by atoms with Gasteiger partial charge < -0.3 is 14.8 Å². The lowest BCUT2D eigenvalue weighted by molar-refractivity contribution is 0.303. The zero-order chi connectivity index (χ0) is 13.9. The van der Waals surface area contributed by atoms with E-state index in [1.54, 1.807) is 14.2 Å². The van der Waals surface area contributed by atoms with Gasteiger partial charge in [-0.2, -0.15) is 0 Å². The third-order valence-corrected chi connectivity index (χ3v) is 3.20. The Labute approximate surface area is 118 Å². The van der Waals surface area contributed by atoms with Crippen LogP contribution in [0.25, 0.3) is 11.3 Å². The summed E-state index contributed by atoms with van der Waals surface area (Å²) < 4.78 is 11.1. The molecule has 3 rings (SSSR count). The van der Waals surface area contributed by atoms with Crippen LogP contribution in [-0.2, 0) is 0 Å². The SMILES string of the molecule is CNc1ncnc(-c2ccc(OC3CC3)cc2)c1OC. The average molecular weight is 271 g/mol. The van der Waals surface area contributed by atoms with Crippen molar-refractivity contribution in [3.8, 4) is 22.8 Å². The van der Waals surface area contributed by atoms with E-state index in [-0.39, 0.29) is 0 Å². The Bertz CT molecular complexity index is 595. The molecule has 1 aromatic heterocycles. The van der Waals surface area contributed by atoms with E-state index in [4.69, 9.17) is 9.47 Å². The van der Waals surface area contributed by atoms with Crippen molar-refractivity contribution in [3.63, 3.8) is 0 Å². The van der Waals surface area contributed by atoms with E-state index in [2.05, 4.69) is 15.3 Å². The number of benzene rings is 1. The fraction of sp³-hybridized carbons (Fsp3) is 0.333. The van der Waals surface area contributed by atoms with Crippen LogP contribution in [0.4, 0.5) is 5.82 Å². The van der Waals surface area contributed by atoms with Crippen molar-refractivity contribution < 1.29 is 9.47 Å². The molecule has 0 unspecified atom stereocenters. The Morgan fingerprint density at radius 1 is 1.15 bits per heavy atom. The minimum absolute atomic E-state index is 0.408. The first-order chi connectivity index (χ1) is 9.81. The van der Waals surface area contributed by atoms with Crippen molar-refractivity contribution in [3.05, 3.63) is 30.6 Å². The minimum Gasteiger partial charge on any atom is -0.491 e. The summed E-state index contributed by atoms with van der Waals surface area (Å²) in [5, 5.41) is 3.00. The van der Waals surface area contributed by atoms with Crippen LogP contribution >= 0.6 is 0 Å². The molecule has 0 atom stereocenters. The number of ether oxygens (including phenoxy) is 2. The first-order valence-corrected chi connectivity index (χ1v) is 6.65. The third kappa shape index (κ3) is 2.52. The van der Waals surface area contributed by atoms with E-state index in [0.29, 0.717) is 17.7 Å². The molecule has 1 heterocycles. The number of nitrogens with zero attached hydrogens (tertiary/aromatic N) is 2. The topological polar surface area (TPSA) is 56.3 Å². The molecule has 0 amide bonds. The number of aromatic nitrogens is 2. The van der Waals surface area contributed by atoms with Crippen LogP contribution in [-0.4, -0.2) is 30.2 Å². The second-order valence-electron chi connectivity index (χ2n) is 4.70. The standard InChI is InChI=1S/C15H17N3O2/c1-16-15-14(19-2)13(17-9-18-15)10-3-5-11(6-4-10)20-12-7-8-12/h3-6,9,12H,7-8H2,1-2H3,(H,16,17,18). The molecule has 5 nitrogen and oxygen atoms in total. The van der Waals surface area contributed by atoms with Gasteiger partial charge in [0.15, 0.2) is 11.6 Å². The maximum atomic E-state index is 5.74. The van der Waals surface area contributed by atoms with Gasteiger partial charge in [-0.05, 0) is 37.1 Å². The van der Waals surface area contributed by atoms with E-state index in [1.165, 1.54) is 6.33 Å². The number of nitrogens with one attached hydrogen (secondary N) is 1. The summed E-state index contributed by atoms with van der Waals surface area (Å²) in [6, 6.07) is 7.91. The van der Waals surface area contributed by atoms with Gasteiger partial charge in [0.2, 0.25) is 0 Å². The minimum atomic E-state index is 0.408. The molecule has 1 aliphatic carbocycles. The molecule has 0 spiro atoms. The summed E-state index contributed by atoms with van der Waals surface area (Å²) in [5.41, 5.74) is 1.74. The predicted molar refractivity (Wildman–Crippen MR) is 77.2 cm³/mol. The van der Waals surface area contributed by atoms with E-state index < -0.39 is 0 Å². The monoisotopic (exact) mass is 271 g/mol. The van der Waals surface area contributed by atoms with Crippen molar-refractivity contribution >= 4 is 5.82 Å². The molecular formula is C15H17N3O2. The highest BCUT2D eigenvalue weighted by Gasteiger charge is 2.23. The van der Waals surface area contributed by atoms with Crippen LogP contribution in [0.5, 0.6) is 11.5 Å². The third-order valence-electron chi connectivity index (χ3n) is 3.20. The average Bonchev–Trinajstić information content (AvgIpc) is 3.31. The van der Waals surface area contributed by atoms with E-state index >= 15 is 0 Å². The van der Waals surface area contributed by atoms with Gasteiger partial charge in [-0.1, -0.05) is 0 Å². The Kier molecular flexibility index (Phi) is 3.41. The molecule has 1 N–H and O–H groups in total. The van der Waals surface area contributed by atoms with Crippen molar-refractivity contribution in [2.24, 2.45) is 0 Å². The molecule has 1 aromatic carbocycles. The second-order valence-corrected chi connectivity index (χ2v) is 4.70. The van der Waals surface area contributed by atoms with Crippen LogP contribution in [0.1, 0.15) is 12.8 Å². The van der Waals surface area contributed by atoms with Crippen LogP contribution in [0.15, 0.2) is 30.6 Å². The van der Waals surface area contributed by atoms with Gasteiger partial charge in [-0.25, -0.2) is 9.97 Å². The van der Waals surface area contributed by atoms with Gasteiger partial charge in [0.05, 0.1) is 13.2 Å². The number of rotatable bonds is 5. The second kappa shape index (κ2) is 5.36. The number of anilines is 1. The molecule has 104 valence electrons. The summed E-state index contributed by atoms with van der Waals surface area (Å²) >= 11 is 0. The normalized spacial score (nSPS) is 13.9. The molecule has 5 heteroatoms. The number of hydrogen-bond donors (Lipinski definition) is 1. The fourth-order valence-electron chi connectivity index (χ4n) is 2.02. The van der Waals surface area contributed by atoms with Gasteiger partial charge in [-0.15, -0.1) is 0 Å².